The Morgan fingerprint density at radius 1 is 0.969 bits per heavy atom. The molecule has 1 fully saturated rings. The molecule has 162 valence electrons. The zero-order chi connectivity index (χ0) is 21.9. The molecule has 1 aliphatic rings. The number of piperidine rings is 1. The highest BCUT2D eigenvalue weighted by atomic mass is 16.1. The van der Waals surface area contributed by atoms with Crippen molar-refractivity contribution in [1.29, 1.82) is 0 Å². The van der Waals surface area contributed by atoms with Gasteiger partial charge in [-0.3, -0.25) is 29.3 Å². The lowest BCUT2D eigenvalue weighted by Crippen LogP contribution is -2.36. The predicted molar refractivity (Wildman–Crippen MR) is 123 cm³/mol. The molecular formula is C25H26N6O. The molecule has 0 saturated carbocycles. The molecule has 0 spiro atoms. The molecule has 32 heavy (non-hydrogen) atoms. The van der Waals surface area contributed by atoms with Crippen LogP contribution in [0.25, 0.3) is 21.9 Å². The first-order valence-corrected chi connectivity index (χ1v) is 11.0. The summed E-state index contributed by atoms with van der Waals surface area (Å²) in [7, 11) is 1.92. The van der Waals surface area contributed by atoms with Crippen molar-refractivity contribution >= 4 is 16.6 Å². The van der Waals surface area contributed by atoms with Crippen LogP contribution in [0.1, 0.15) is 24.2 Å². The summed E-state index contributed by atoms with van der Waals surface area (Å²) >= 11 is 0. The zero-order valence-electron chi connectivity index (χ0n) is 18.2. The van der Waals surface area contributed by atoms with Gasteiger partial charge in [0, 0.05) is 73.6 Å². The molecule has 0 bridgehead atoms. The zero-order valence-corrected chi connectivity index (χ0v) is 18.2. The molecule has 4 heterocycles. The lowest BCUT2D eigenvalue weighted by atomic mass is 9.90. The number of rotatable bonds is 6. The molecule has 1 saturated heterocycles. The Morgan fingerprint density at radius 2 is 1.84 bits per heavy atom. The molecule has 1 aromatic carbocycles. The first-order chi connectivity index (χ1) is 15.6. The number of aryl methyl sites for hydroxylation is 1. The van der Waals surface area contributed by atoms with Crippen LogP contribution in [0.3, 0.4) is 0 Å². The van der Waals surface area contributed by atoms with Gasteiger partial charge in [0.05, 0.1) is 11.9 Å². The quantitative estimate of drug-likeness (QED) is 0.470. The van der Waals surface area contributed by atoms with E-state index in [0.29, 0.717) is 12.2 Å². The number of pyridine rings is 1. The van der Waals surface area contributed by atoms with Crippen LogP contribution in [0.2, 0.25) is 0 Å². The van der Waals surface area contributed by atoms with Crippen LogP contribution in [0.4, 0.5) is 0 Å². The topological polar surface area (TPSA) is 76.8 Å². The average molecular weight is 427 g/mol. The SMILES string of the molecule is Cn1cc(-c2ccc3cnc(CC(=O)C4CCN(Cc5cnccn5)CC4)cc3c2)cn1. The smallest absolute Gasteiger partial charge is 0.142 e. The predicted octanol–water partition coefficient (Wildman–Crippen LogP) is 3.45. The fraction of sp³-hybridized carbons (Fsp3) is 0.320. The molecular weight excluding hydrogens is 400 g/mol. The normalized spacial score (nSPS) is 15.3. The number of carbonyl (C=O) groups is 1. The van der Waals surface area contributed by atoms with Gasteiger partial charge >= 0.3 is 0 Å². The molecule has 5 rings (SSSR count). The number of Topliss-reactive ketones (excluding diaryl/α,β-unsaturated/α-hetero) is 1. The maximum Gasteiger partial charge on any atom is 0.142 e. The summed E-state index contributed by atoms with van der Waals surface area (Å²) in [6.45, 7) is 2.61. The summed E-state index contributed by atoms with van der Waals surface area (Å²) in [6, 6.07) is 8.35. The van der Waals surface area contributed by atoms with Crippen LogP contribution in [0.15, 0.2) is 61.4 Å². The van der Waals surface area contributed by atoms with Gasteiger partial charge in [-0.2, -0.15) is 5.10 Å². The largest absolute Gasteiger partial charge is 0.299 e. The van der Waals surface area contributed by atoms with Crippen molar-refractivity contribution in [3.63, 3.8) is 0 Å². The first kappa shape index (κ1) is 20.5. The van der Waals surface area contributed by atoms with E-state index in [1.807, 2.05) is 31.8 Å². The fourth-order valence-electron chi connectivity index (χ4n) is 4.41. The molecule has 4 aromatic rings. The lowest BCUT2D eigenvalue weighted by Gasteiger charge is -2.30. The van der Waals surface area contributed by atoms with Crippen molar-refractivity contribution in [3.05, 3.63) is 72.8 Å². The number of carbonyl (C=O) groups excluding carboxylic acids is 1. The van der Waals surface area contributed by atoms with E-state index in [2.05, 4.69) is 49.2 Å². The number of benzene rings is 1. The van der Waals surface area contributed by atoms with Crippen molar-refractivity contribution < 1.29 is 4.79 Å². The van der Waals surface area contributed by atoms with Gasteiger partial charge in [0.25, 0.3) is 0 Å². The Balaban J connectivity index is 1.22. The van der Waals surface area contributed by atoms with Gasteiger partial charge in [-0.05, 0) is 49.0 Å². The monoisotopic (exact) mass is 426 g/mol. The molecule has 0 N–H and O–H groups in total. The summed E-state index contributed by atoms with van der Waals surface area (Å²) in [5, 5.41) is 6.44. The Hall–Kier alpha value is -3.45. The third kappa shape index (κ3) is 4.57. The van der Waals surface area contributed by atoms with Crippen molar-refractivity contribution in [2.75, 3.05) is 13.1 Å². The molecule has 3 aromatic heterocycles. The third-order valence-electron chi connectivity index (χ3n) is 6.22. The lowest BCUT2D eigenvalue weighted by molar-refractivity contribution is -0.123. The van der Waals surface area contributed by atoms with Gasteiger partial charge in [-0.15, -0.1) is 0 Å². The minimum Gasteiger partial charge on any atom is -0.299 e. The second-order valence-corrected chi connectivity index (χ2v) is 8.53. The number of likely N-dealkylation sites (tertiary alicyclic amines) is 1. The van der Waals surface area contributed by atoms with E-state index in [1.165, 1.54) is 0 Å². The second-order valence-electron chi connectivity index (χ2n) is 8.53. The minimum atomic E-state index is 0.104. The van der Waals surface area contributed by atoms with E-state index in [9.17, 15) is 4.79 Å². The Morgan fingerprint density at radius 3 is 2.59 bits per heavy atom. The van der Waals surface area contributed by atoms with Gasteiger partial charge in [0.15, 0.2) is 0 Å². The van der Waals surface area contributed by atoms with E-state index >= 15 is 0 Å². The van der Waals surface area contributed by atoms with Gasteiger partial charge < -0.3 is 0 Å². The van der Waals surface area contributed by atoms with Crippen molar-refractivity contribution in [1.82, 2.24) is 29.6 Å². The summed E-state index contributed by atoms with van der Waals surface area (Å²) in [6.07, 6.45) is 13.1. The second kappa shape index (κ2) is 8.96. The minimum absolute atomic E-state index is 0.104. The molecule has 0 amide bonds. The molecule has 7 nitrogen and oxygen atoms in total. The summed E-state index contributed by atoms with van der Waals surface area (Å²) in [5.74, 6) is 0.395. The number of ketones is 1. The van der Waals surface area contributed by atoms with Crippen molar-refractivity contribution in [3.8, 4) is 11.1 Å². The number of nitrogens with zero attached hydrogens (tertiary/aromatic N) is 6. The molecule has 0 unspecified atom stereocenters. The van der Waals surface area contributed by atoms with Crippen LogP contribution in [-0.2, 0) is 24.8 Å². The van der Waals surface area contributed by atoms with Crippen LogP contribution in [-0.4, -0.2) is 48.5 Å². The van der Waals surface area contributed by atoms with Crippen LogP contribution in [0, 0.1) is 5.92 Å². The third-order valence-corrected chi connectivity index (χ3v) is 6.22. The highest BCUT2D eigenvalue weighted by Crippen LogP contribution is 2.25. The summed E-state index contributed by atoms with van der Waals surface area (Å²) < 4.78 is 1.80. The van der Waals surface area contributed by atoms with E-state index in [4.69, 9.17) is 0 Å². The van der Waals surface area contributed by atoms with Gasteiger partial charge in [-0.1, -0.05) is 12.1 Å². The number of fused-ring (bicyclic) bond motifs is 1. The summed E-state index contributed by atoms with van der Waals surface area (Å²) in [4.78, 5) is 28.4. The van der Waals surface area contributed by atoms with Crippen LogP contribution >= 0.6 is 0 Å². The van der Waals surface area contributed by atoms with E-state index < -0.39 is 0 Å². The van der Waals surface area contributed by atoms with Gasteiger partial charge in [-0.25, -0.2) is 0 Å². The molecule has 7 heteroatoms. The maximum absolute atomic E-state index is 13.0. The van der Waals surface area contributed by atoms with E-state index in [-0.39, 0.29) is 5.92 Å². The molecule has 0 radical (unpaired) electrons. The average Bonchev–Trinajstić information content (AvgIpc) is 3.26. The van der Waals surface area contributed by atoms with Crippen molar-refractivity contribution in [2.24, 2.45) is 13.0 Å². The van der Waals surface area contributed by atoms with Crippen molar-refractivity contribution in [2.45, 2.75) is 25.8 Å². The van der Waals surface area contributed by atoms with E-state index in [1.54, 1.807) is 17.1 Å². The highest BCUT2D eigenvalue weighted by Gasteiger charge is 2.25. The number of aromatic nitrogens is 5. The highest BCUT2D eigenvalue weighted by molar-refractivity contribution is 5.88. The summed E-state index contributed by atoms with van der Waals surface area (Å²) in [5.41, 5.74) is 4.01. The Labute approximate surface area is 187 Å². The number of hydrogen-bond donors (Lipinski definition) is 0. The van der Waals surface area contributed by atoms with Gasteiger partial charge in [0.1, 0.15) is 5.78 Å². The van der Waals surface area contributed by atoms with Crippen LogP contribution < -0.4 is 0 Å². The van der Waals surface area contributed by atoms with Crippen LogP contribution in [0.5, 0.6) is 0 Å². The molecule has 0 aliphatic carbocycles. The van der Waals surface area contributed by atoms with E-state index in [0.717, 1.165) is 65.8 Å². The first-order valence-electron chi connectivity index (χ1n) is 11.0. The maximum atomic E-state index is 13.0. The molecule has 1 aliphatic heterocycles. The molecule has 0 atom stereocenters. The fourth-order valence-corrected chi connectivity index (χ4v) is 4.41. The Kier molecular flexibility index (Phi) is 5.73. The standard InChI is InChI=1S/C25H26N6O/c1-30-16-22(14-29-30)19-2-3-20-13-28-23(11-21(20)10-19)12-25(32)18-4-8-31(9-5-18)17-24-15-26-6-7-27-24/h2-3,6-7,10-11,13-16,18H,4-5,8-9,12,17H2,1H3. The Bertz CT molecular complexity index is 1230. The number of hydrogen-bond acceptors (Lipinski definition) is 6. The van der Waals surface area contributed by atoms with Gasteiger partial charge in [0.2, 0.25) is 0 Å².